The number of nitrogens with one attached hydrogen (secondary N) is 1. The van der Waals surface area contributed by atoms with Gasteiger partial charge in [0.1, 0.15) is 5.01 Å². The summed E-state index contributed by atoms with van der Waals surface area (Å²) in [5.41, 5.74) is 1.23. The number of nitrogens with zero attached hydrogens (tertiary/aromatic N) is 2. The number of benzene rings is 1. The van der Waals surface area contributed by atoms with Crippen LogP contribution in [-0.4, -0.2) is 16.5 Å². The Kier molecular flexibility index (Phi) is 5.41. The van der Waals surface area contributed by atoms with Crippen LogP contribution in [0.3, 0.4) is 0 Å². The number of hydrogen-bond donors (Lipinski definition) is 1. The molecule has 2 aromatic rings. The molecule has 0 amide bonds. The molecule has 1 aromatic heterocycles. The van der Waals surface area contributed by atoms with Gasteiger partial charge in [0.15, 0.2) is 0 Å². The van der Waals surface area contributed by atoms with Crippen molar-refractivity contribution in [2.24, 2.45) is 0 Å². The molecule has 0 aliphatic rings. The monoisotopic (exact) mass is 305 g/mol. The molecule has 0 bridgehead atoms. The number of hydrogen-bond acceptors (Lipinski definition) is 5. The van der Waals surface area contributed by atoms with Crippen molar-refractivity contribution < 1.29 is 4.92 Å². The van der Waals surface area contributed by atoms with Crippen molar-refractivity contribution in [1.29, 1.82) is 0 Å². The molecule has 1 heterocycles. The molecule has 2 rings (SSSR count). The van der Waals surface area contributed by atoms with Gasteiger partial charge in [0.2, 0.25) is 0 Å². The van der Waals surface area contributed by atoms with E-state index in [2.05, 4.69) is 24.1 Å². The summed E-state index contributed by atoms with van der Waals surface area (Å²) in [6.07, 6.45) is 3.80. The molecule has 0 spiro atoms. The SMILES string of the molecule is CCc1cnc(C(C)NCCc2ccc([N+](=O)[O-])cc2)s1. The molecule has 1 N–H and O–H groups in total. The van der Waals surface area contributed by atoms with Gasteiger partial charge in [-0.05, 0) is 31.9 Å². The van der Waals surface area contributed by atoms with Gasteiger partial charge in [-0.1, -0.05) is 19.1 Å². The minimum absolute atomic E-state index is 0.134. The summed E-state index contributed by atoms with van der Waals surface area (Å²) in [6, 6.07) is 6.94. The Labute approximate surface area is 128 Å². The van der Waals surface area contributed by atoms with Crippen molar-refractivity contribution in [3.8, 4) is 0 Å². The lowest BCUT2D eigenvalue weighted by atomic mass is 10.1. The van der Waals surface area contributed by atoms with Crippen LogP contribution >= 0.6 is 11.3 Å². The zero-order chi connectivity index (χ0) is 15.2. The average molecular weight is 305 g/mol. The Hall–Kier alpha value is -1.79. The Bertz CT molecular complexity index is 595. The molecule has 0 fully saturated rings. The molecule has 0 saturated heterocycles. The van der Waals surface area contributed by atoms with Crippen LogP contribution in [0.1, 0.15) is 35.3 Å². The van der Waals surface area contributed by atoms with Crippen molar-refractivity contribution >= 4 is 17.0 Å². The van der Waals surface area contributed by atoms with Crippen molar-refractivity contribution in [2.75, 3.05) is 6.54 Å². The van der Waals surface area contributed by atoms with Gasteiger partial charge in [0, 0.05) is 23.2 Å². The number of aryl methyl sites for hydroxylation is 1. The molecular weight excluding hydrogens is 286 g/mol. The molecule has 1 atom stereocenters. The summed E-state index contributed by atoms with van der Waals surface area (Å²) in [5, 5.41) is 15.1. The van der Waals surface area contributed by atoms with E-state index in [1.807, 2.05) is 18.3 Å². The first-order chi connectivity index (χ1) is 10.1. The average Bonchev–Trinajstić information content (AvgIpc) is 2.96. The van der Waals surface area contributed by atoms with Crippen LogP contribution in [0, 0.1) is 10.1 Å². The van der Waals surface area contributed by atoms with E-state index in [0.29, 0.717) is 0 Å². The van der Waals surface area contributed by atoms with Crippen LogP contribution in [0.5, 0.6) is 0 Å². The maximum absolute atomic E-state index is 10.6. The summed E-state index contributed by atoms with van der Waals surface area (Å²) >= 11 is 1.74. The molecule has 5 nitrogen and oxygen atoms in total. The van der Waals surface area contributed by atoms with E-state index < -0.39 is 0 Å². The minimum Gasteiger partial charge on any atom is -0.308 e. The second kappa shape index (κ2) is 7.28. The Morgan fingerprint density at radius 2 is 2.10 bits per heavy atom. The highest BCUT2D eigenvalue weighted by atomic mass is 32.1. The summed E-state index contributed by atoms with van der Waals surface area (Å²) < 4.78 is 0. The number of thiazole rings is 1. The van der Waals surface area contributed by atoms with Gasteiger partial charge >= 0.3 is 0 Å². The van der Waals surface area contributed by atoms with Crippen molar-refractivity contribution in [1.82, 2.24) is 10.3 Å². The molecule has 112 valence electrons. The van der Waals surface area contributed by atoms with Gasteiger partial charge in [-0.15, -0.1) is 11.3 Å². The van der Waals surface area contributed by atoms with E-state index in [0.717, 1.165) is 30.0 Å². The van der Waals surface area contributed by atoms with Crippen molar-refractivity contribution in [3.05, 3.63) is 56.0 Å². The highest BCUT2D eigenvalue weighted by Gasteiger charge is 2.09. The largest absolute Gasteiger partial charge is 0.308 e. The van der Waals surface area contributed by atoms with Crippen LogP contribution < -0.4 is 5.32 Å². The standard InChI is InChI=1S/C15H19N3O2S/c1-3-14-10-17-15(21-14)11(2)16-9-8-12-4-6-13(7-5-12)18(19)20/h4-7,10-11,16H,3,8-9H2,1-2H3. The fourth-order valence-corrected chi connectivity index (χ4v) is 2.87. The Balaban J connectivity index is 1.82. The van der Waals surface area contributed by atoms with Crippen LogP contribution in [0.2, 0.25) is 0 Å². The van der Waals surface area contributed by atoms with E-state index in [-0.39, 0.29) is 16.7 Å². The molecule has 0 aliphatic carbocycles. The van der Waals surface area contributed by atoms with Gasteiger partial charge in [0.25, 0.3) is 5.69 Å². The highest BCUT2D eigenvalue weighted by Crippen LogP contribution is 2.20. The predicted octanol–water partition coefficient (Wildman–Crippen LogP) is 3.51. The lowest BCUT2D eigenvalue weighted by Crippen LogP contribution is -2.21. The highest BCUT2D eigenvalue weighted by molar-refractivity contribution is 7.11. The molecule has 0 aliphatic heterocycles. The normalized spacial score (nSPS) is 12.3. The summed E-state index contributed by atoms with van der Waals surface area (Å²) in [4.78, 5) is 15.9. The number of aromatic nitrogens is 1. The Morgan fingerprint density at radius 1 is 1.38 bits per heavy atom. The van der Waals surface area contributed by atoms with Crippen molar-refractivity contribution in [3.63, 3.8) is 0 Å². The lowest BCUT2D eigenvalue weighted by molar-refractivity contribution is -0.384. The van der Waals surface area contributed by atoms with Gasteiger partial charge in [0.05, 0.1) is 11.0 Å². The number of non-ortho nitro benzene ring substituents is 1. The van der Waals surface area contributed by atoms with Crippen molar-refractivity contribution in [2.45, 2.75) is 32.7 Å². The summed E-state index contributed by atoms with van der Waals surface area (Å²) in [7, 11) is 0. The minimum atomic E-state index is -0.377. The molecule has 1 unspecified atom stereocenters. The van der Waals surface area contributed by atoms with Crippen LogP contribution in [0.25, 0.3) is 0 Å². The van der Waals surface area contributed by atoms with E-state index in [1.165, 1.54) is 4.88 Å². The zero-order valence-corrected chi connectivity index (χ0v) is 13.0. The van der Waals surface area contributed by atoms with Crippen LogP contribution in [0.4, 0.5) is 5.69 Å². The first-order valence-corrected chi connectivity index (χ1v) is 7.83. The lowest BCUT2D eigenvalue weighted by Gasteiger charge is -2.10. The smallest absolute Gasteiger partial charge is 0.269 e. The summed E-state index contributed by atoms with van der Waals surface area (Å²) in [5.74, 6) is 0. The van der Waals surface area contributed by atoms with Crippen LogP contribution in [-0.2, 0) is 12.8 Å². The van der Waals surface area contributed by atoms with Gasteiger partial charge in [-0.2, -0.15) is 0 Å². The van der Waals surface area contributed by atoms with E-state index in [9.17, 15) is 10.1 Å². The first-order valence-electron chi connectivity index (χ1n) is 7.01. The summed E-state index contributed by atoms with van der Waals surface area (Å²) in [6.45, 7) is 5.05. The topological polar surface area (TPSA) is 68.1 Å². The Morgan fingerprint density at radius 3 is 2.67 bits per heavy atom. The molecule has 6 heteroatoms. The zero-order valence-electron chi connectivity index (χ0n) is 12.2. The maximum atomic E-state index is 10.6. The third-order valence-corrected chi connectivity index (χ3v) is 4.63. The molecule has 21 heavy (non-hydrogen) atoms. The molecule has 0 saturated carbocycles. The molecular formula is C15H19N3O2S. The fourth-order valence-electron chi connectivity index (χ4n) is 1.99. The van der Waals surface area contributed by atoms with E-state index in [4.69, 9.17) is 0 Å². The third kappa shape index (κ3) is 4.34. The number of rotatable bonds is 7. The molecule has 1 aromatic carbocycles. The van der Waals surface area contributed by atoms with E-state index in [1.54, 1.807) is 23.5 Å². The number of nitro groups is 1. The van der Waals surface area contributed by atoms with Gasteiger partial charge in [-0.3, -0.25) is 10.1 Å². The second-order valence-corrected chi connectivity index (χ2v) is 6.01. The number of nitro benzene ring substituents is 1. The quantitative estimate of drug-likeness (QED) is 0.628. The second-order valence-electron chi connectivity index (χ2n) is 4.87. The van der Waals surface area contributed by atoms with Gasteiger partial charge < -0.3 is 5.32 Å². The van der Waals surface area contributed by atoms with Crippen LogP contribution in [0.15, 0.2) is 30.5 Å². The predicted molar refractivity (Wildman–Crippen MR) is 84.7 cm³/mol. The first kappa shape index (κ1) is 15.6. The molecule has 0 radical (unpaired) electrons. The van der Waals surface area contributed by atoms with Gasteiger partial charge in [-0.25, -0.2) is 4.98 Å². The third-order valence-electron chi connectivity index (χ3n) is 3.30. The maximum Gasteiger partial charge on any atom is 0.269 e. The fraction of sp³-hybridized carbons (Fsp3) is 0.400. The van der Waals surface area contributed by atoms with E-state index >= 15 is 0 Å².